The standard InChI is InChI=1S/C14H26N2/c1-12-5-2-7-14(12)16-10-4-9-15-8-3-6-13(15)11-16/h12-14H,2-11H2,1H3. The summed E-state index contributed by atoms with van der Waals surface area (Å²) in [5.74, 6) is 0.952. The highest BCUT2D eigenvalue weighted by atomic mass is 15.3. The molecule has 1 saturated carbocycles. The van der Waals surface area contributed by atoms with E-state index in [0.29, 0.717) is 0 Å². The monoisotopic (exact) mass is 222 g/mol. The Bertz CT molecular complexity index is 241. The minimum absolute atomic E-state index is 0.898. The highest BCUT2D eigenvalue weighted by molar-refractivity contribution is 4.90. The van der Waals surface area contributed by atoms with Crippen molar-refractivity contribution in [1.29, 1.82) is 0 Å². The second kappa shape index (κ2) is 4.66. The van der Waals surface area contributed by atoms with E-state index in [-0.39, 0.29) is 0 Å². The first kappa shape index (κ1) is 11.0. The van der Waals surface area contributed by atoms with E-state index in [4.69, 9.17) is 0 Å². The Morgan fingerprint density at radius 3 is 2.44 bits per heavy atom. The topological polar surface area (TPSA) is 6.48 Å². The van der Waals surface area contributed by atoms with Crippen LogP contribution in [-0.4, -0.2) is 48.1 Å². The summed E-state index contributed by atoms with van der Waals surface area (Å²) in [6.07, 6.45) is 8.70. The van der Waals surface area contributed by atoms with Crippen molar-refractivity contribution in [3.05, 3.63) is 0 Å². The third-order valence-corrected chi connectivity index (χ3v) is 5.12. The first-order valence-corrected chi connectivity index (χ1v) is 7.32. The fourth-order valence-electron chi connectivity index (χ4n) is 4.20. The predicted octanol–water partition coefficient (Wildman–Crippen LogP) is 2.35. The molecule has 0 amide bonds. The fraction of sp³-hybridized carbons (Fsp3) is 1.00. The maximum atomic E-state index is 2.84. The van der Waals surface area contributed by atoms with Gasteiger partial charge in [-0.05, 0) is 57.7 Å². The Labute approximate surface area is 100.0 Å². The number of hydrogen-bond acceptors (Lipinski definition) is 2. The lowest BCUT2D eigenvalue weighted by Gasteiger charge is -2.32. The van der Waals surface area contributed by atoms with Gasteiger partial charge in [0.15, 0.2) is 0 Å². The molecule has 0 aromatic heterocycles. The molecule has 3 rings (SSSR count). The van der Waals surface area contributed by atoms with E-state index in [1.54, 1.807) is 0 Å². The van der Waals surface area contributed by atoms with E-state index in [0.717, 1.165) is 18.0 Å². The Kier molecular flexibility index (Phi) is 3.21. The van der Waals surface area contributed by atoms with Crippen molar-refractivity contribution >= 4 is 0 Å². The maximum absolute atomic E-state index is 2.84. The summed E-state index contributed by atoms with van der Waals surface area (Å²) < 4.78 is 0. The normalized spacial score (nSPS) is 42.2. The summed E-state index contributed by atoms with van der Waals surface area (Å²) in [6.45, 7) is 7.94. The molecule has 92 valence electrons. The van der Waals surface area contributed by atoms with Crippen molar-refractivity contribution in [3.8, 4) is 0 Å². The van der Waals surface area contributed by atoms with Gasteiger partial charge in [0.05, 0.1) is 0 Å². The quantitative estimate of drug-likeness (QED) is 0.672. The van der Waals surface area contributed by atoms with Gasteiger partial charge >= 0.3 is 0 Å². The van der Waals surface area contributed by atoms with Crippen molar-refractivity contribution in [3.63, 3.8) is 0 Å². The average Bonchev–Trinajstić information content (AvgIpc) is 2.83. The molecule has 2 nitrogen and oxygen atoms in total. The molecule has 1 aliphatic carbocycles. The molecule has 0 radical (unpaired) electrons. The average molecular weight is 222 g/mol. The van der Waals surface area contributed by atoms with Crippen molar-refractivity contribution in [1.82, 2.24) is 9.80 Å². The van der Waals surface area contributed by atoms with Crippen molar-refractivity contribution in [2.24, 2.45) is 5.92 Å². The lowest BCUT2D eigenvalue weighted by atomic mass is 10.0. The van der Waals surface area contributed by atoms with Crippen LogP contribution in [0.15, 0.2) is 0 Å². The number of rotatable bonds is 1. The van der Waals surface area contributed by atoms with Crippen LogP contribution in [-0.2, 0) is 0 Å². The molecule has 2 aliphatic heterocycles. The van der Waals surface area contributed by atoms with Gasteiger partial charge in [0.2, 0.25) is 0 Å². The Morgan fingerprint density at radius 1 is 0.812 bits per heavy atom. The first-order valence-electron chi connectivity index (χ1n) is 7.32. The molecule has 2 heterocycles. The second-order valence-electron chi connectivity index (χ2n) is 6.16. The molecule has 0 aromatic rings. The molecule has 2 saturated heterocycles. The largest absolute Gasteiger partial charge is 0.299 e. The van der Waals surface area contributed by atoms with Crippen LogP contribution >= 0.6 is 0 Å². The molecular formula is C14H26N2. The van der Waals surface area contributed by atoms with Crippen LogP contribution in [0.4, 0.5) is 0 Å². The van der Waals surface area contributed by atoms with E-state index in [2.05, 4.69) is 16.7 Å². The molecule has 3 atom stereocenters. The smallest absolute Gasteiger partial charge is 0.0223 e. The highest BCUT2D eigenvalue weighted by Gasteiger charge is 2.34. The zero-order valence-electron chi connectivity index (χ0n) is 10.7. The molecule has 3 fully saturated rings. The molecule has 3 aliphatic rings. The summed E-state index contributed by atoms with van der Waals surface area (Å²) in [6, 6.07) is 1.82. The van der Waals surface area contributed by atoms with Crippen LogP contribution in [0.2, 0.25) is 0 Å². The van der Waals surface area contributed by atoms with Crippen molar-refractivity contribution in [2.45, 2.75) is 57.5 Å². The molecular weight excluding hydrogens is 196 g/mol. The Morgan fingerprint density at radius 2 is 1.62 bits per heavy atom. The van der Waals surface area contributed by atoms with E-state index < -0.39 is 0 Å². The van der Waals surface area contributed by atoms with Crippen LogP contribution in [0, 0.1) is 5.92 Å². The number of fused-ring (bicyclic) bond motifs is 1. The van der Waals surface area contributed by atoms with Gasteiger partial charge < -0.3 is 0 Å². The molecule has 0 spiro atoms. The molecule has 0 bridgehead atoms. The van der Waals surface area contributed by atoms with Gasteiger partial charge in [0.1, 0.15) is 0 Å². The highest BCUT2D eigenvalue weighted by Crippen LogP contribution is 2.32. The van der Waals surface area contributed by atoms with Gasteiger partial charge in [-0.2, -0.15) is 0 Å². The van der Waals surface area contributed by atoms with E-state index >= 15 is 0 Å². The summed E-state index contributed by atoms with van der Waals surface area (Å²) in [4.78, 5) is 5.59. The minimum atomic E-state index is 0.898. The minimum Gasteiger partial charge on any atom is -0.299 e. The van der Waals surface area contributed by atoms with Gasteiger partial charge in [-0.25, -0.2) is 0 Å². The number of hydrogen-bond donors (Lipinski definition) is 0. The van der Waals surface area contributed by atoms with Gasteiger partial charge in [0, 0.05) is 18.6 Å². The lowest BCUT2D eigenvalue weighted by molar-refractivity contribution is 0.149. The number of nitrogens with zero attached hydrogens (tertiary/aromatic N) is 2. The third-order valence-electron chi connectivity index (χ3n) is 5.12. The zero-order valence-corrected chi connectivity index (χ0v) is 10.7. The van der Waals surface area contributed by atoms with E-state index in [1.807, 2.05) is 0 Å². The third kappa shape index (κ3) is 2.02. The molecule has 3 unspecified atom stereocenters. The van der Waals surface area contributed by atoms with Crippen LogP contribution in [0.1, 0.15) is 45.4 Å². The van der Waals surface area contributed by atoms with Crippen LogP contribution in [0.5, 0.6) is 0 Å². The second-order valence-corrected chi connectivity index (χ2v) is 6.16. The Hall–Kier alpha value is -0.0800. The van der Waals surface area contributed by atoms with E-state index in [9.17, 15) is 0 Å². The van der Waals surface area contributed by atoms with E-state index in [1.165, 1.54) is 64.7 Å². The van der Waals surface area contributed by atoms with Crippen molar-refractivity contribution < 1.29 is 0 Å². The zero-order chi connectivity index (χ0) is 11.0. The predicted molar refractivity (Wildman–Crippen MR) is 67.6 cm³/mol. The van der Waals surface area contributed by atoms with Crippen LogP contribution in [0.25, 0.3) is 0 Å². The van der Waals surface area contributed by atoms with Gasteiger partial charge in [0.25, 0.3) is 0 Å². The molecule has 0 aromatic carbocycles. The summed E-state index contributed by atoms with van der Waals surface area (Å²) >= 11 is 0. The Balaban J connectivity index is 1.66. The summed E-state index contributed by atoms with van der Waals surface area (Å²) in [5, 5.41) is 0. The summed E-state index contributed by atoms with van der Waals surface area (Å²) in [7, 11) is 0. The maximum Gasteiger partial charge on any atom is 0.0223 e. The van der Waals surface area contributed by atoms with Gasteiger partial charge in [-0.1, -0.05) is 13.3 Å². The molecule has 0 N–H and O–H groups in total. The van der Waals surface area contributed by atoms with Crippen LogP contribution in [0.3, 0.4) is 0 Å². The van der Waals surface area contributed by atoms with Crippen LogP contribution < -0.4 is 0 Å². The first-order chi connectivity index (χ1) is 7.84. The van der Waals surface area contributed by atoms with Crippen molar-refractivity contribution in [2.75, 3.05) is 26.2 Å². The summed E-state index contributed by atoms with van der Waals surface area (Å²) in [5.41, 5.74) is 0. The lowest BCUT2D eigenvalue weighted by Crippen LogP contribution is -2.43. The van der Waals surface area contributed by atoms with Gasteiger partial charge in [-0.3, -0.25) is 9.80 Å². The molecule has 2 heteroatoms. The fourth-order valence-corrected chi connectivity index (χ4v) is 4.20. The van der Waals surface area contributed by atoms with Gasteiger partial charge in [-0.15, -0.1) is 0 Å². The molecule has 16 heavy (non-hydrogen) atoms. The SMILES string of the molecule is CC1CCCC1N1CCCN2CCCC2C1.